The molecule has 498 valence electrons. The normalized spacial score (nSPS) is 25.7. The lowest BCUT2D eigenvalue weighted by Gasteiger charge is -2.67. The van der Waals surface area contributed by atoms with Gasteiger partial charge in [-0.25, -0.2) is 14.4 Å². The largest absolute Gasteiger partial charge is 0.461 e. The van der Waals surface area contributed by atoms with Crippen LogP contribution >= 0.6 is 0 Å². The lowest BCUT2D eigenvalue weighted by atomic mass is 9.44. The van der Waals surface area contributed by atoms with Crippen LogP contribution in [0, 0.1) is 16.7 Å². The Morgan fingerprint density at radius 1 is 0.723 bits per heavy atom. The fraction of sp³-hybridized carbons (Fsp3) is 0.459. The zero-order chi connectivity index (χ0) is 67.7. The van der Waals surface area contributed by atoms with Crippen molar-refractivity contribution in [2.24, 2.45) is 16.7 Å². The third-order valence-corrected chi connectivity index (χ3v) is 25.1. The summed E-state index contributed by atoms with van der Waals surface area (Å²) in [5.41, 5.74) is -2.81. The molecule has 10 rings (SSSR count). The Balaban J connectivity index is 0.985. The van der Waals surface area contributed by atoms with Crippen LogP contribution in [0.5, 0.6) is 0 Å². The van der Waals surface area contributed by atoms with Crippen LogP contribution in [-0.4, -0.2) is 129 Å². The summed E-state index contributed by atoms with van der Waals surface area (Å²) in [6, 6.07) is 40.2. The summed E-state index contributed by atoms with van der Waals surface area (Å²) >= 11 is 0. The van der Waals surface area contributed by atoms with Crippen LogP contribution in [0.4, 0.5) is 4.79 Å². The summed E-state index contributed by atoms with van der Waals surface area (Å²) in [6.45, 7) is 18.5. The summed E-state index contributed by atoms with van der Waals surface area (Å²) in [4.78, 5) is 117. The molecule has 5 aromatic carbocycles. The van der Waals surface area contributed by atoms with E-state index >= 15 is 14.4 Å². The summed E-state index contributed by atoms with van der Waals surface area (Å²) < 4.78 is 51.6. The molecular formula is C74H86N2O17Si. The van der Waals surface area contributed by atoms with Gasteiger partial charge in [-0.3, -0.25) is 24.0 Å². The Hall–Kier alpha value is -8.30. The monoisotopic (exact) mass is 1300 g/mol. The maximum Gasteiger partial charge on any atom is 0.407 e. The van der Waals surface area contributed by atoms with Gasteiger partial charge in [0.25, 0.3) is 5.91 Å². The number of benzene rings is 5. The number of ketones is 1. The van der Waals surface area contributed by atoms with Gasteiger partial charge >= 0.3 is 35.9 Å². The maximum absolute atomic E-state index is 16.7. The molecule has 94 heavy (non-hydrogen) atoms. The number of Topliss-reactive ketones (excluding diaryl/α,β-unsaturated/α-hetero) is 1. The summed E-state index contributed by atoms with van der Waals surface area (Å²) in [6.07, 6.45) is -9.74. The Morgan fingerprint density at radius 2 is 1.31 bits per heavy atom. The molecule has 1 heterocycles. The van der Waals surface area contributed by atoms with Crippen LogP contribution in [0.2, 0.25) is 18.1 Å². The van der Waals surface area contributed by atoms with Gasteiger partial charge in [0.15, 0.2) is 31.9 Å². The predicted molar refractivity (Wildman–Crippen MR) is 349 cm³/mol. The molecule has 2 amide bonds. The third-order valence-electron chi connectivity index (χ3n) is 20.6. The van der Waals surface area contributed by atoms with Gasteiger partial charge in [0.2, 0.25) is 0 Å². The molecule has 0 radical (unpaired) electrons. The highest BCUT2D eigenvalue weighted by Gasteiger charge is 2.79. The molecule has 5 aliphatic rings. The number of rotatable bonds is 21. The number of fused-ring (bicyclic) bond motifs is 8. The zero-order valence-corrected chi connectivity index (χ0v) is 56.3. The lowest BCUT2D eigenvalue weighted by Crippen LogP contribution is -2.82. The van der Waals surface area contributed by atoms with E-state index in [1.165, 1.54) is 26.0 Å². The number of esters is 5. The summed E-state index contributed by atoms with van der Waals surface area (Å²) in [7, 11) is -3.01. The van der Waals surface area contributed by atoms with E-state index in [1.807, 2.05) is 70.3 Å². The molecule has 2 unspecified atom stereocenters. The van der Waals surface area contributed by atoms with Crippen molar-refractivity contribution >= 4 is 55.9 Å². The van der Waals surface area contributed by atoms with Crippen LogP contribution in [0.1, 0.15) is 150 Å². The average Bonchev–Trinajstić information content (AvgIpc) is 0.771. The molecule has 19 nitrogen and oxygen atoms in total. The lowest BCUT2D eigenvalue weighted by molar-refractivity contribution is -0.346. The summed E-state index contributed by atoms with van der Waals surface area (Å²) in [5, 5.41) is 19.9. The molecule has 1 saturated heterocycles. The van der Waals surface area contributed by atoms with Gasteiger partial charge in [0, 0.05) is 56.6 Å². The SMILES string of the molecule is CC(=O)O[C@H]1C(=O)[C@@]2(C)C([C@H](OC(=O)c3ccccc3)[C@]3(O)C[C@H](OC(=O)[C@H](O[Si](C)(C)C(C)(C)C)C(NC(=O)c4ccccc4)c4ccccc4)C(C)=C1C3(C)C)[C@]1(OC(C)=O)CO[C@@H]1C[C@@H]2OC(=O)CCCCCNC(=O)OCC1c2ccccc2-c2ccccc21. The first-order chi connectivity index (χ1) is 44.5. The average molecular weight is 1300 g/mol. The van der Waals surface area contributed by atoms with Crippen LogP contribution < -0.4 is 10.6 Å². The Labute approximate surface area is 550 Å². The van der Waals surface area contributed by atoms with Crippen molar-refractivity contribution in [1.29, 1.82) is 0 Å². The van der Waals surface area contributed by atoms with Gasteiger partial charge in [0.1, 0.15) is 36.6 Å². The highest BCUT2D eigenvalue weighted by molar-refractivity contribution is 6.74. The number of hydrogen-bond acceptors (Lipinski definition) is 17. The minimum atomic E-state index is -3.01. The third kappa shape index (κ3) is 13.1. The van der Waals surface area contributed by atoms with E-state index in [2.05, 4.69) is 22.8 Å². The molecular weight excluding hydrogens is 1220 g/mol. The molecule has 2 bridgehead atoms. The molecule has 20 heteroatoms. The van der Waals surface area contributed by atoms with Crippen molar-refractivity contribution < 1.29 is 81.0 Å². The first kappa shape index (κ1) is 68.6. The Morgan fingerprint density at radius 3 is 1.88 bits per heavy atom. The molecule has 2 saturated carbocycles. The molecule has 0 spiro atoms. The quantitative estimate of drug-likeness (QED) is 0.0203. The number of aliphatic hydroxyl groups is 1. The number of nitrogens with one attached hydrogen (secondary N) is 2. The molecule has 1 aliphatic heterocycles. The standard InChI is InChI=1S/C74H86N2O17Si/c1-44-55(89-68(83)62(93-94(10,11)70(4,5)6)60(47-28-16-12-17-29-47)76-66(81)48-30-18-13-19-31-48)41-74(85)65(91-67(82)49-32-20-14-21-33-49)63-72(9,64(80)61(88-45(2)77)59(44)71(74,7)8)56(40-57-73(63,43-87-57)92-46(3)78)90-58(79)38-22-15-27-39-75-69(84)86-42-54-52-36-25-23-34-50(52)51-35-24-26-37-53(51)54/h12-14,16-21,23-26,28-37,54-57,60-63,65,85H,15,22,27,38-43H2,1-11H3,(H,75,84)(H,76,81)/t55-,56-,57+,60?,61+,62+,63?,65-,72+,73-,74+/m0/s1. The van der Waals surface area contributed by atoms with E-state index in [9.17, 15) is 29.1 Å². The van der Waals surface area contributed by atoms with Gasteiger partial charge < -0.3 is 53.3 Å². The second-order valence-electron chi connectivity index (χ2n) is 27.7. The van der Waals surface area contributed by atoms with Crippen molar-refractivity contribution in [3.8, 4) is 11.1 Å². The van der Waals surface area contributed by atoms with Gasteiger partial charge in [0.05, 0.1) is 29.5 Å². The van der Waals surface area contributed by atoms with E-state index in [-0.39, 0.29) is 55.2 Å². The minimum absolute atomic E-state index is 0.00354. The van der Waals surface area contributed by atoms with Crippen LogP contribution in [-0.2, 0) is 61.6 Å². The van der Waals surface area contributed by atoms with E-state index in [4.69, 9.17) is 37.6 Å². The molecule has 4 aliphatic carbocycles. The number of hydrogen-bond donors (Lipinski definition) is 3. The van der Waals surface area contributed by atoms with E-state index < -0.39 is 138 Å². The van der Waals surface area contributed by atoms with Crippen molar-refractivity contribution in [3.63, 3.8) is 0 Å². The molecule has 3 fully saturated rings. The highest BCUT2D eigenvalue weighted by Crippen LogP contribution is 2.65. The molecule has 5 aromatic rings. The van der Waals surface area contributed by atoms with E-state index in [0.29, 0.717) is 30.4 Å². The fourth-order valence-corrected chi connectivity index (χ4v) is 15.8. The number of alkyl carbamates (subject to hydrolysis) is 1. The van der Waals surface area contributed by atoms with Crippen LogP contribution in [0.15, 0.2) is 151 Å². The summed E-state index contributed by atoms with van der Waals surface area (Å²) in [5.74, 6) is -7.49. The maximum atomic E-state index is 16.7. The van der Waals surface area contributed by atoms with Crippen molar-refractivity contribution in [2.45, 2.75) is 179 Å². The second-order valence-corrected chi connectivity index (χ2v) is 32.5. The molecule has 3 N–H and O–H groups in total. The number of unbranched alkanes of at least 4 members (excludes halogenated alkanes) is 2. The fourth-order valence-electron chi connectivity index (χ4n) is 14.6. The Kier molecular flexibility index (Phi) is 19.8. The zero-order valence-electron chi connectivity index (χ0n) is 55.3. The molecule has 11 atom stereocenters. The topological polar surface area (TPSA) is 255 Å². The first-order valence-corrected chi connectivity index (χ1v) is 35.2. The van der Waals surface area contributed by atoms with E-state index in [0.717, 1.165) is 29.2 Å². The number of carbonyl (C=O) groups excluding carboxylic acids is 8. The van der Waals surface area contributed by atoms with Crippen molar-refractivity contribution in [3.05, 3.63) is 178 Å². The Bertz CT molecular complexity index is 3670. The predicted octanol–water partition coefficient (Wildman–Crippen LogP) is 11.4. The first-order valence-electron chi connectivity index (χ1n) is 32.3. The molecule has 0 aromatic heterocycles. The second kappa shape index (κ2) is 27.2. The van der Waals surface area contributed by atoms with Gasteiger partial charge in [-0.1, -0.05) is 156 Å². The van der Waals surface area contributed by atoms with Gasteiger partial charge in [-0.15, -0.1) is 0 Å². The number of ether oxygens (including phenoxy) is 7. The van der Waals surface area contributed by atoms with Gasteiger partial charge in [-0.2, -0.15) is 0 Å². The van der Waals surface area contributed by atoms with Crippen molar-refractivity contribution in [1.82, 2.24) is 10.6 Å². The van der Waals surface area contributed by atoms with E-state index in [1.54, 1.807) is 99.6 Å². The number of amides is 2. The van der Waals surface area contributed by atoms with Gasteiger partial charge in [-0.05, 0) is 108 Å². The van der Waals surface area contributed by atoms with Crippen LogP contribution in [0.25, 0.3) is 11.1 Å². The van der Waals surface area contributed by atoms with Crippen LogP contribution in [0.3, 0.4) is 0 Å². The minimum Gasteiger partial charge on any atom is -0.461 e. The van der Waals surface area contributed by atoms with Crippen molar-refractivity contribution in [2.75, 3.05) is 19.8 Å². The highest BCUT2D eigenvalue weighted by atomic mass is 28.4. The smallest absolute Gasteiger partial charge is 0.407 e. The number of carbonyl (C=O) groups is 8.